The van der Waals surface area contributed by atoms with Crippen molar-refractivity contribution in [2.45, 2.75) is 31.8 Å². The highest BCUT2D eigenvalue weighted by Crippen LogP contribution is 2.20. The summed E-state index contributed by atoms with van der Waals surface area (Å²) in [6.07, 6.45) is 0.443. The SMILES string of the molecule is Cc1cccc(C)c1NC(=O)[C@H](C)OC(=O)/C=C/Sc1ccccc1. The Morgan fingerprint density at radius 1 is 1.04 bits per heavy atom. The van der Waals surface area contributed by atoms with Gasteiger partial charge in [0, 0.05) is 16.7 Å². The van der Waals surface area contributed by atoms with Crippen LogP contribution in [0.2, 0.25) is 0 Å². The maximum absolute atomic E-state index is 12.2. The second-order valence-electron chi connectivity index (χ2n) is 5.57. The van der Waals surface area contributed by atoms with Crippen molar-refractivity contribution in [1.82, 2.24) is 0 Å². The number of aryl methyl sites for hydroxylation is 2. The summed E-state index contributed by atoms with van der Waals surface area (Å²) in [6, 6.07) is 15.4. The molecule has 5 heteroatoms. The number of carbonyl (C=O) groups excluding carboxylic acids is 2. The number of thioether (sulfide) groups is 1. The fourth-order valence-corrected chi connectivity index (χ4v) is 2.82. The van der Waals surface area contributed by atoms with E-state index in [1.165, 1.54) is 17.8 Å². The number of ether oxygens (including phenoxy) is 1. The molecule has 25 heavy (non-hydrogen) atoms. The van der Waals surface area contributed by atoms with Crippen LogP contribution in [0, 0.1) is 13.8 Å². The van der Waals surface area contributed by atoms with Crippen LogP contribution >= 0.6 is 11.8 Å². The van der Waals surface area contributed by atoms with Gasteiger partial charge in [-0.15, -0.1) is 0 Å². The number of hydrogen-bond donors (Lipinski definition) is 1. The van der Waals surface area contributed by atoms with Crippen LogP contribution in [0.3, 0.4) is 0 Å². The second-order valence-corrected chi connectivity index (χ2v) is 6.55. The van der Waals surface area contributed by atoms with Gasteiger partial charge in [0.05, 0.1) is 0 Å². The summed E-state index contributed by atoms with van der Waals surface area (Å²) in [5.74, 6) is -0.901. The van der Waals surface area contributed by atoms with E-state index in [-0.39, 0.29) is 5.91 Å². The lowest BCUT2D eigenvalue weighted by Gasteiger charge is -2.15. The maximum atomic E-state index is 12.2. The number of rotatable bonds is 6. The molecule has 130 valence electrons. The number of hydrogen-bond acceptors (Lipinski definition) is 4. The quantitative estimate of drug-likeness (QED) is 0.471. The lowest BCUT2D eigenvalue weighted by atomic mass is 10.1. The van der Waals surface area contributed by atoms with Crippen LogP contribution in [0.25, 0.3) is 0 Å². The van der Waals surface area contributed by atoms with Crippen molar-refractivity contribution in [3.63, 3.8) is 0 Å². The van der Waals surface area contributed by atoms with Gasteiger partial charge in [-0.2, -0.15) is 0 Å². The molecule has 0 aliphatic heterocycles. The first-order valence-electron chi connectivity index (χ1n) is 7.93. The summed E-state index contributed by atoms with van der Waals surface area (Å²) in [4.78, 5) is 25.1. The third-order valence-electron chi connectivity index (χ3n) is 3.54. The third-order valence-corrected chi connectivity index (χ3v) is 4.36. The molecule has 0 aliphatic rings. The average molecular weight is 355 g/mol. The lowest BCUT2D eigenvalue weighted by Crippen LogP contribution is -2.30. The first-order chi connectivity index (χ1) is 12.0. The number of carbonyl (C=O) groups is 2. The molecule has 2 aromatic rings. The Kier molecular flexibility index (Phi) is 6.83. The fourth-order valence-electron chi connectivity index (χ4n) is 2.17. The third kappa shape index (κ3) is 5.80. The smallest absolute Gasteiger partial charge is 0.332 e. The van der Waals surface area contributed by atoms with Crippen LogP contribution in [0.5, 0.6) is 0 Å². The Labute approximate surface area is 152 Å². The highest BCUT2D eigenvalue weighted by atomic mass is 32.2. The second kappa shape index (κ2) is 9.08. The van der Waals surface area contributed by atoms with E-state index in [0.717, 1.165) is 21.7 Å². The molecule has 4 nitrogen and oxygen atoms in total. The maximum Gasteiger partial charge on any atom is 0.332 e. The molecule has 1 N–H and O–H groups in total. The largest absolute Gasteiger partial charge is 0.449 e. The first kappa shape index (κ1) is 18.8. The van der Waals surface area contributed by atoms with Gasteiger partial charge >= 0.3 is 5.97 Å². The van der Waals surface area contributed by atoms with Crippen molar-refractivity contribution >= 4 is 29.3 Å². The van der Waals surface area contributed by atoms with Crippen LogP contribution in [-0.4, -0.2) is 18.0 Å². The number of anilines is 1. The highest BCUT2D eigenvalue weighted by molar-refractivity contribution is 8.02. The predicted molar refractivity (Wildman–Crippen MR) is 102 cm³/mol. The summed E-state index contributed by atoms with van der Waals surface area (Å²) in [5, 5.41) is 4.47. The monoisotopic (exact) mass is 355 g/mol. The molecule has 0 saturated heterocycles. The van der Waals surface area contributed by atoms with Crippen molar-refractivity contribution < 1.29 is 14.3 Å². The predicted octanol–water partition coefficient (Wildman–Crippen LogP) is 4.48. The van der Waals surface area contributed by atoms with E-state index in [1.807, 2.05) is 62.4 Å². The van der Waals surface area contributed by atoms with Gasteiger partial charge in [0.2, 0.25) is 0 Å². The van der Waals surface area contributed by atoms with E-state index in [4.69, 9.17) is 4.74 Å². The Hall–Kier alpha value is -2.53. The molecular weight excluding hydrogens is 334 g/mol. The van der Waals surface area contributed by atoms with E-state index < -0.39 is 12.1 Å². The fraction of sp³-hybridized carbons (Fsp3) is 0.200. The first-order valence-corrected chi connectivity index (χ1v) is 8.81. The summed E-state index contributed by atoms with van der Waals surface area (Å²) in [5.41, 5.74) is 2.68. The molecule has 0 radical (unpaired) electrons. The highest BCUT2D eigenvalue weighted by Gasteiger charge is 2.18. The van der Waals surface area contributed by atoms with Gasteiger partial charge in [0.25, 0.3) is 5.91 Å². The number of nitrogens with one attached hydrogen (secondary N) is 1. The van der Waals surface area contributed by atoms with Gasteiger partial charge in [-0.3, -0.25) is 4.79 Å². The number of amides is 1. The molecule has 0 heterocycles. The van der Waals surface area contributed by atoms with Crippen LogP contribution < -0.4 is 5.32 Å². The molecule has 2 aromatic carbocycles. The molecule has 0 bridgehead atoms. The number of esters is 1. The lowest BCUT2D eigenvalue weighted by molar-refractivity contribution is -0.148. The average Bonchev–Trinajstić information content (AvgIpc) is 2.59. The molecule has 0 aromatic heterocycles. The molecule has 1 amide bonds. The Bertz CT molecular complexity index is 752. The Morgan fingerprint density at radius 2 is 1.68 bits per heavy atom. The minimum atomic E-state index is -0.877. The zero-order valence-corrected chi connectivity index (χ0v) is 15.3. The Balaban J connectivity index is 1.87. The molecule has 1 atom stereocenters. The van der Waals surface area contributed by atoms with Gasteiger partial charge in [0.1, 0.15) is 0 Å². The van der Waals surface area contributed by atoms with Gasteiger partial charge in [-0.25, -0.2) is 4.79 Å². The molecule has 2 rings (SSSR count). The Morgan fingerprint density at radius 3 is 2.32 bits per heavy atom. The number of para-hydroxylation sites is 1. The van der Waals surface area contributed by atoms with Gasteiger partial charge in [0.15, 0.2) is 6.10 Å². The van der Waals surface area contributed by atoms with Crippen molar-refractivity contribution in [3.05, 3.63) is 71.1 Å². The van der Waals surface area contributed by atoms with E-state index in [9.17, 15) is 9.59 Å². The van der Waals surface area contributed by atoms with Crippen molar-refractivity contribution in [3.8, 4) is 0 Å². The minimum absolute atomic E-state index is 0.352. The zero-order chi connectivity index (χ0) is 18.2. The normalized spacial score (nSPS) is 12.0. The van der Waals surface area contributed by atoms with Crippen LogP contribution in [-0.2, 0) is 14.3 Å². The summed E-state index contributed by atoms with van der Waals surface area (Å²) >= 11 is 1.41. The van der Waals surface area contributed by atoms with Gasteiger partial charge in [-0.05, 0) is 49.4 Å². The van der Waals surface area contributed by atoms with Crippen LogP contribution in [0.15, 0.2) is 64.9 Å². The standard InChI is InChI=1S/C20H21NO3S/c1-14-8-7-9-15(2)19(14)21-20(23)16(3)24-18(22)12-13-25-17-10-5-4-6-11-17/h4-13,16H,1-3H3,(H,21,23)/b13-12+/t16-/m0/s1. The van der Waals surface area contributed by atoms with Crippen LogP contribution in [0.4, 0.5) is 5.69 Å². The molecule has 0 saturated carbocycles. The summed E-state index contributed by atoms with van der Waals surface area (Å²) < 4.78 is 5.15. The van der Waals surface area contributed by atoms with E-state index in [1.54, 1.807) is 12.3 Å². The summed E-state index contributed by atoms with van der Waals surface area (Å²) in [7, 11) is 0. The van der Waals surface area contributed by atoms with E-state index in [0.29, 0.717) is 0 Å². The molecule has 0 fully saturated rings. The number of benzene rings is 2. The zero-order valence-electron chi connectivity index (χ0n) is 14.5. The van der Waals surface area contributed by atoms with Gasteiger partial charge < -0.3 is 10.1 Å². The van der Waals surface area contributed by atoms with E-state index >= 15 is 0 Å². The molecule has 0 unspecified atom stereocenters. The van der Waals surface area contributed by atoms with Gasteiger partial charge in [-0.1, -0.05) is 48.2 Å². The molecular formula is C20H21NO3S. The van der Waals surface area contributed by atoms with E-state index in [2.05, 4.69) is 5.32 Å². The molecule has 0 spiro atoms. The minimum Gasteiger partial charge on any atom is -0.449 e. The topological polar surface area (TPSA) is 55.4 Å². The van der Waals surface area contributed by atoms with Crippen molar-refractivity contribution in [1.29, 1.82) is 0 Å². The van der Waals surface area contributed by atoms with Crippen LogP contribution in [0.1, 0.15) is 18.1 Å². The summed E-state index contributed by atoms with van der Waals surface area (Å²) in [6.45, 7) is 5.39. The van der Waals surface area contributed by atoms with Crippen molar-refractivity contribution in [2.24, 2.45) is 0 Å². The molecule has 0 aliphatic carbocycles. The van der Waals surface area contributed by atoms with Crippen molar-refractivity contribution in [2.75, 3.05) is 5.32 Å².